The molecule has 4 nitrogen and oxygen atoms in total. The predicted octanol–water partition coefficient (Wildman–Crippen LogP) is 5.56. The summed E-state index contributed by atoms with van der Waals surface area (Å²) in [7, 11) is 0. The number of amides is 1. The van der Waals surface area contributed by atoms with Gasteiger partial charge in [0.1, 0.15) is 5.82 Å². The third-order valence-corrected chi connectivity index (χ3v) is 6.65. The van der Waals surface area contributed by atoms with E-state index in [1.807, 2.05) is 50.2 Å². The van der Waals surface area contributed by atoms with E-state index in [1.165, 1.54) is 23.3 Å². The zero-order valence-corrected chi connectivity index (χ0v) is 20.5. The molecule has 1 atom stereocenters. The summed E-state index contributed by atoms with van der Waals surface area (Å²) in [6.07, 6.45) is 1.25. The van der Waals surface area contributed by atoms with Crippen LogP contribution in [0.5, 0.6) is 0 Å². The minimum Gasteiger partial charge on any atom is -0.355 e. The topological polar surface area (TPSA) is 64.9 Å². The maximum Gasteiger partial charge on any atom is 0.233 e. The Labute approximate surface area is 208 Å². The first-order valence-electron chi connectivity index (χ1n) is 12.2. The molecule has 1 unspecified atom stereocenters. The van der Waals surface area contributed by atoms with Gasteiger partial charge in [0.25, 0.3) is 0 Å². The Morgan fingerprint density at radius 1 is 0.943 bits per heavy atom. The molecule has 0 aromatic heterocycles. The summed E-state index contributed by atoms with van der Waals surface area (Å²) in [5, 5.41) is 16.3. The second-order valence-electron chi connectivity index (χ2n) is 9.20. The Kier molecular flexibility index (Phi) is 9.57. The van der Waals surface area contributed by atoms with Gasteiger partial charge in [0.15, 0.2) is 0 Å². The highest BCUT2D eigenvalue weighted by Gasteiger charge is 2.35. The summed E-state index contributed by atoms with van der Waals surface area (Å²) in [6, 6.07) is 29.2. The molecule has 0 bridgehead atoms. The van der Waals surface area contributed by atoms with Crippen molar-refractivity contribution >= 4 is 5.91 Å². The number of nitrogens with one attached hydrogen (secondary N) is 2. The lowest BCUT2D eigenvalue weighted by Gasteiger charge is -2.31. The predicted molar refractivity (Wildman–Crippen MR) is 138 cm³/mol. The average Bonchev–Trinajstić information content (AvgIpc) is 2.88. The Morgan fingerprint density at radius 2 is 1.51 bits per heavy atom. The minimum absolute atomic E-state index is 0.0586. The fraction of sp³-hybridized carbons (Fsp3) is 0.333. The molecule has 0 heterocycles. The van der Waals surface area contributed by atoms with E-state index in [4.69, 9.17) is 0 Å². The zero-order valence-electron chi connectivity index (χ0n) is 20.5. The molecule has 1 amide bonds. The molecular weight excluding hydrogens is 437 g/mol. The minimum atomic E-state index is -0.713. The first kappa shape index (κ1) is 26.1. The van der Waals surface area contributed by atoms with Gasteiger partial charge in [-0.05, 0) is 47.6 Å². The van der Waals surface area contributed by atoms with Crippen LogP contribution >= 0.6 is 0 Å². The summed E-state index contributed by atoms with van der Waals surface area (Å²) in [5.41, 5.74) is 2.51. The van der Waals surface area contributed by atoms with Crippen molar-refractivity contribution < 1.29 is 9.18 Å². The van der Waals surface area contributed by atoms with Crippen molar-refractivity contribution in [1.82, 2.24) is 10.6 Å². The van der Waals surface area contributed by atoms with Crippen LogP contribution in [0, 0.1) is 23.1 Å². The van der Waals surface area contributed by atoms with Gasteiger partial charge < -0.3 is 10.6 Å². The Bertz CT molecular complexity index is 1050. The fourth-order valence-corrected chi connectivity index (χ4v) is 4.55. The van der Waals surface area contributed by atoms with E-state index >= 15 is 0 Å². The van der Waals surface area contributed by atoms with E-state index in [2.05, 4.69) is 41.0 Å². The highest BCUT2D eigenvalue weighted by molar-refractivity contribution is 5.77. The third kappa shape index (κ3) is 7.00. The molecule has 2 N–H and O–H groups in total. The largest absolute Gasteiger partial charge is 0.355 e. The van der Waals surface area contributed by atoms with E-state index < -0.39 is 5.41 Å². The van der Waals surface area contributed by atoms with Gasteiger partial charge in [-0.15, -0.1) is 0 Å². The summed E-state index contributed by atoms with van der Waals surface area (Å²) in [5.74, 6) is -0.170. The van der Waals surface area contributed by atoms with Crippen LogP contribution in [-0.4, -0.2) is 25.5 Å². The number of halogens is 1. The van der Waals surface area contributed by atoms with Gasteiger partial charge in [0.05, 0.1) is 18.0 Å². The summed E-state index contributed by atoms with van der Waals surface area (Å²) in [4.78, 5) is 12.5. The second-order valence-corrected chi connectivity index (χ2v) is 9.20. The zero-order chi connectivity index (χ0) is 25.1. The Balaban J connectivity index is 1.50. The molecule has 3 aromatic carbocycles. The van der Waals surface area contributed by atoms with Gasteiger partial charge in [-0.2, -0.15) is 5.26 Å². The number of rotatable bonds is 12. The molecule has 5 heteroatoms. The van der Waals surface area contributed by atoms with Crippen molar-refractivity contribution in [3.05, 3.63) is 107 Å². The summed E-state index contributed by atoms with van der Waals surface area (Å²) < 4.78 is 13.4. The van der Waals surface area contributed by atoms with Crippen molar-refractivity contribution in [2.75, 3.05) is 19.6 Å². The molecule has 0 aliphatic carbocycles. The third-order valence-electron chi connectivity index (χ3n) is 6.65. The molecule has 0 saturated carbocycles. The average molecular weight is 472 g/mol. The number of hydrogen-bond donors (Lipinski definition) is 2. The number of carbonyl (C=O) groups is 1. The van der Waals surface area contributed by atoms with E-state index in [1.54, 1.807) is 12.1 Å². The van der Waals surface area contributed by atoms with Crippen LogP contribution in [0.4, 0.5) is 4.39 Å². The van der Waals surface area contributed by atoms with E-state index in [0.29, 0.717) is 25.9 Å². The van der Waals surface area contributed by atoms with Gasteiger partial charge in [-0.1, -0.05) is 86.6 Å². The Hall–Kier alpha value is -3.49. The molecule has 0 radical (unpaired) electrons. The molecule has 3 aromatic rings. The number of nitrogens with zero attached hydrogens (tertiary/aromatic N) is 1. The fourth-order valence-electron chi connectivity index (χ4n) is 4.55. The number of carbonyl (C=O) groups excluding carboxylic acids is 1. The van der Waals surface area contributed by atoms with E-state index in [-0.39, 0.29) is 30.1 Å². The highest BCUT2D eigenvalue weighted by atomic mass is 19.1. The first-order chi connectivity index (χ1) is 17.0. The number of benzene rings is 3. The van der Waals surface area contributed by atoms with E-state index in [9.17, 15) is 14.4 Å². The molecule has 3 rings (SSSR count). The highest BCUT2D eigenvalue weighted by Crippen LogP contribution is 2.36. The lowest BCUT2D eigenvalue weighted by molar-refractivity contribution is -0.120. The molecule has 0 saturated heterocycles. The monoisotopic (exact) mass is 471 g/mol. The summed E-state index contributed by atoms with van der Waals surface area (Å²) >= 11 is 0. The van der Waals surface area contributed by atoms with Gasteiger partial charge >= 0.3 is 0 Å². The van der Waals surface area contributed by atoms with Crippen LogP contribution < -0.4 is 10.6 Å². The second kappa shape index (κ2) is 12.8. The maximum absolute atomic E-state index is 13.4. The molecule has 35 heavy (non-hydrogen) atoms. The van der Waals surface area contributed by atoms with E-state index in [0.717, 1.165) is 5.56 Å². The first-order valence-corrected chi connectivity index (χ1v) is 12.2. The quantitative estimate of drug-likeness (QED) is 0.340. The molecule has 0 aliphatic heterocycles. The van der Waals surface area contributed by atoms with Crippen molar-refractivity contribution in [2.24, 2.45) is 5.92 Å². The smallest absolute Gasteiger partial charge is 0.233 e. The van der Waals surface area contributed by atoms with Crippen LogP contribution in [-0.2, 0) is 10.2 Å². The van der Waals surface area contributed by atoms with Crippen LogP contribution in [0.3, 0.4) is 0 Å². The van der Waals surface area contributed by atoms with Crippen molar-refractivity contribution in [2.45, 2.75) is 38.0 Å². The SMILES string of the molecule is CC(C)C(C#N)(CCCNC(=O)CNCC(c1ccccc1)c1ccccc1)c1ccc(F)cc1. The summed E-state index contributed by atoms with van der Waals surface area (Å²) in [6.45, 7) is 5.37. The maximum atomic E-state index is 13.4. The van der Waals surface area contributed by atoms with Crippen LogP contribution in [0.2, 0.25) is 0 Å². The van der Waals surface area contributed by atoms with Crippen LogP contribution in [0.1, 0.15) is 49.3 Å². The standard InChI is InChI=1S/C30H34FN3O/c1-23(2)30(22-32,26-14-16-27(31)17-15-26)18-9-19-34-29(35)21-33-20-28(24-10-5-3-6-11-24)25-12-7-4-8-13-25/h3-8,10-17,23,28,33H,9,18-21H2,1-2H3,(H,34,35). The number of hydrogen-bond acceptors (Lipinski definition) is 3. The lowest BCUT2D eigenvalue weighted by atomic mass is 9.70. The van der Waals surface area contributed by atoms with Gasteiger partial charge in [0.2, 0.25) is 5.91 Å². The molecule has 0 fully saturated rings. The van der Waals surface area contributed by atoms with Gasteiger partial charge in [0, 0.05) is 19.0 Å². The van der Waals surface area contributed by atoms with Crippen molar-refractivity contribution in [3.8, 4) is 6.07 Å². The molecule has 182 valence electrons. The molecular formula is C30H34FN3O. The van der Waals surface area contributed by atoms with Crippen molar-refractivity contribution in [1.29, 1.82) is 5.26 Å². The van der Waals surface area contributed by atoms with Crippen molar-refractivity contribution in [3.63, 3.8) is 0 Å². The van der Waals surface area contributed by atoms with Gasteiger partial charge in [-0.3, -0.25) is 4.79 Å². The van der Waals surface area contributed by atoms with Crippen LogP contribution in [0.25, 0.3) is 0 Å². The normalized spacial score (nSPS) is 12.8. The molecule has 0 aliphatic rings. The van der Waals surface area contributed by atoms with Gasteiger partial charge in [-0.25, -0.2) is 4.39 Å². The Morgan fingerprint density at radius 3 is 2.03 bits per heavy atom. The van der Waals surface area contributed by atoms with Crippen LogP contribution in [0.15, 0.2) is 84.9 Å². The number of nitriles is 1. The molecule has 0 spiro atoms. The lowest BCUT2D eigenvalue weighted by Crippen LogP contribution is -2.37.